The second-order valence-corrected chi connectivity index (χ2v) is 34.7. The zero-order valence-electron chi connectivity index (χ0n) is 68.3. The van der Waals surface area contributed by atoms with Crippen molar-refractivity contribution < 1.29 is 84.9 Å². The number of likely N-dealkylation sites (N-methyl/N-ethyl adjacent to an activating group) is 6. The molecule has 1 spiro atoms. The molecule has 14 atom stereocenters. The second-order valence-electron chi connectivity index (χ2n) is 34.7. The third-order valence-electron chi connectivity index (χ3n) is 25.2. The van der Waals surface area contributed by atoms with Crippen LogP contribution in [-0.4, -0.2) is 296 Å². The number of ether oxygens (including phenoxy) is 3. The van der Waals surface area contributed by atoms with Gasteiger partial charge in [-0.15, -0.1) is 0 Å². The van der Waals surface area contributed by atoms with Crippen molar-refractivity contribution in [2.45, 2.75) is 287 Å². The van der Waals surface area contributed by atoms with E-state index in [9.17, 15) is 18.0 Å². The monoisotopic (exact) mass is 1550 g/mol. The highest BCUT2D eigenvalue weighted by Gasteiger charge is 2.60. The second kappa shape index (κ2) is 38.3. The average molecular weight is 1560 g/mol. The van der Waals surface area contributed by atoms with Crippen molar-refractivity contribution in [1.82, 2.24) is 60.0 Å². The number of alkyl halides is 3. The Morgan fingerprint density at radius 2 is 1.27 bits per heavy atom. The Morgan fingerprint density at radius 1 is 0.645 bits per heavy atom. The molecule has 0 aromatic rings. The molecule has 3 unspecified atom stereocenters. The smallest absolute Gasteiger partial charge is 0.381 e. The fourth-order valence-electron chi connectivity index (χ4n) is 19.2. The van der Waals surface area contributed by atoms with E-state index in [-0.39, 0.29) is 122 Å². The summed E-state index contributed by atoms with van der Waals surface area (Å²) in [7, 11) is 12.9. The molecule has 7 fully saturated rings. The standard InChI is InChI=1S/C80H129F3N12O15/c1-17-24-58-68(98)85-57(37-48(3)4)71(101)95-43-53(108-15)40-63(95)74(104)90(12)59-27-20-19-23-36-93(75(59)105)62(38-50-30-28-49(5)29-31-50)73(103)88(10)45-65(96)84-56(35-33-51-32-34-55(80(81,82)83)64(39-51)109-16)70(100)94-44-54(110-18-2)41-60(94)69(99)86-79(46-78(6,7)47-79)77(107)92(14)67(52-25-21-22-26-52)76(106)91(13)61(72(102)87(8)9)42-66(97)89(58)11/h19-20,48-64,67H,17-18,21-47H2,1-16H3,(H,84,96)(H,85,98)(H,86,99)/b20-19-/t49?,50?,51?,53-,54+,55?,56-,57-,58-,59-,60-,61-,62-,63-,64?,67-/m0/s1. The Kier molecular flexibility index (Phi) is 30.8. The van der Waals surface area contributed by atoms with E-state index in [1.807, 2.05) is 40.7 Å². The third-order valence-corrected chi connectivity index (χ3v) is 25.2. The molecule has 2 bridgehead atoms. The molecule has 8 rings (SSSR count). The normalized spacial score (nSPS) is 32.8. The van der Waals surface area contributed by atoms with E-state index in [2.05, 4.69) is 22.9 Å². The maximum Gasteiger partial charge on any atom is 0.394 e. The highest BCUT2D eigenvalue weighted by atomic mass is 19.4. The largest absolute Gasteiger partial charge is 0.394 e. The van der Waals surface area contributed by atoms with Crippen molar-refractivity contribution in [3.63, 3.8) is 0 Å². The molecule has 4 aliphatic carbocycles. The molecule has 27 nitrogen and oxygen atoms in total. The van der Waals surface area contributed by atoms with Crippen molar-refractivity contribution in [3.8, 4) is 0 Å². The number of halogens is 3. The van der Waals surface area contributed by atoms with E-state index >= 15 is 52.7 Å². The molecule has 0 radical (unpaired) electrons. The van der Waals surface area contributed by atoms with Gasteiger partial charge in [-0.05, 0) is 132 Å². The van der Waals surface area contributed by atoms with Crippen molar-refractivity contribution in [3.05, 3.63) is 12.2 Å². The summed E-state index contributed by atoms with van der Waals surface area (Å²) in [6, 6.07) is -11.4. The van der Waals surface area contributed by atoms with E-state index in [1.165, 1.54) is 108 Å². The molecule has 620 valence electrons. The zero-order chi connectivity index (χ0) is 81.2. The van der Waals surface area contributed by atoms with Gasteiger partial charge in [0.1, 0.15) is 59.9 Å². The fourth-order valence-corrected chi connectivity index (χ4v) is 19.2. The van der Waals surface area contributed by atoms with Gasteiger partial charge in [0.05, 0.1) is 37.2 Å². The molecule has 12 amide bonds. The SMILES string of the molecule is CCC[C@H]1C(=O)N[C@@H](CC(C)C)C(=O)N2C[C@@H](OC)C[C@H]2C(=O)N(C)[C@H]2C/C=C\CCN(C2=O)[C@@H](CC2CCC(C)CC2)C(=O)N(C)CC(=O)N[C@@H](CCC2CCC(C(F)(F)F)C(OC)C2)C(=O)N2C[C@H](OCC)C[C@H]2C(=O)NC2(CC(C)(C)C2)C(=O)N(C)[C@@H](C2CCCC2)C(=O)N(C)[C@H](C(=O)N(C)C)CC(=O)N1C. The van der Waals surface area contributed by atoms with Crippen LogP contribution in [0.15, 0.2) is 12.2 Å². The number of hydrogen-bond donors (Lipinski definition) is 3. The number of carbonyl (C=O) groups excluding carboxylic acids is 12. The summed E-state index contributed by atoms with van der Waals surface area (Å²) in [4.78, 5) is 197. The van der Waals surface area contributed by atoms with Gasteiger partial charge in [0.2, 0.25) is 70.9 Å². The number of rotatable bonds is 15. The maximum atomic E-state index is 15.9. The maximum absolute atomic E-state index is 15.9. The van der Waals surface area contributed by atoms with Crippen LogP contribution in [0.4, 0.5) is 13.2 Å². The van der Waals surface area contributed by atoms with Crippen LogP contribution < -0.4 is 16.0 Å². The van der Waals surface area contributed by atoms with Crippen molar-refractivity contribution >= 4 is 70.9 Å². The van der Waals surface area contributed by atoms with Gasteiger partial charge in [-0.1, -0.05) is 98.6 Å². The lowest BCUT2D eigenvalue weighted by Crippen LogP contribution is -2.71. The molecular weight excluding hydrogens is 1430 g/mol. The highest BCUT2D eigenvalue weighted by Crippen LogP contribution is 2.50. The lowest BCUT2D eigenvalue weighted by molar-refractivity contribution is -0.215. The fraction of sp³-hybridized carbons (Fsp3) is 0.825. The van der Waals surface area contributed by atoms with Crippen molar-refractivity contribution in [2.24, 2.45) is 40.9 Å². The van der Waals surface area contributed by atoms with Crippen LogP contribution in [0.1, 0.15) is 203 Å². The predicted molar refractivity (Wildman–Crippen MR) is 404 cm³/mol. The summed E-state index contributed by atoms with van der Waals surface area (Å²) < 4.78 is 60.6. The van der Waals surface area contributed by atoms with Crippen LogP contribution in [0.3, 0.4) is 0 Å². The number of nitrogens with one attached hydrogen (secondary N) is 3. The van der Waals surface area contributed by atoms with Crippen LogP contribution in [0.5, 0.6) is 0 Å². The highest BCUT2D eigenvalue weighted by molar-refractivity contribution is 6.01. The molecule has 3 N–H and O–H groups in total. The minimum absolute atomic E-state index is 0.00768. The zero-order valence-corrected chi connectivity index (χ0v) is 68.3. The Balaban J connectivity index is 1.23. The molecule has 8 aliphatic rings. The van der Waals surface area contributed by atoms with Gasteiger partial charge < -0.3 is 74.3 Å². The van der Waals surface area contributed by atoms with Gasteiger partial charge in [0.15, 0.2) is 0 Å². The van der Waals surface area contributed by atoms with Gasteiger partial charge >= 0.3 is 6.18 Å². The van der Waals surface area contributed by atoms with E-state index < -0.39 is 191 Å². The minimum atomic E-state index is -4.53. The van der Waals surface area contributed by atoms with Gasteiger partial charge in [0, 0.05) is 103 Å². The predicted octanol–water partition coefficient (Wildman–Crippen LogP) is 6.09. The lowest BCUT2D eigenvalue weighted by Gasteiger charge is -2.54. The first kappa shape index (κ1) is 88.6. The molecular formula is C80H129F3N12O15. The molecule has 0 aromatic heterocycles. The van der Waals surface area contributed by atoms with Crippen LogP contribution in [0.25, 0.3) is 0 Å². The summed E-state index contributed by atoms with van der Waals surface area (Å²) in [5.74, 6) is -10.1. The lowest BCUT2D eigenvalue weighted by atomic mass is 9.58. The molecule has 4 saturated carbocycles. The first-order valence-corrected chi connectivity index (χ1v) is 40.5. The molecule has 30 heteroatoms. The van der Waals surface area contributed by atoms with Crippen LogP contribution in [-0.2, 0) is 71.7 Å². The Hall–Kier alpha value is -6.95. The van der Waals surface area contributed by atoms with E-state index in [4.69, 9.17) is 14.2 Å². The molecule has 0 aromatic carbocycles. The quantitative estimate of drug-likeness (QED) is 0.156. The van der Waals surface area contributed by atoms with Crippen LogP contribution in [0.2, 0.25) is 0 Å². The summed E-state index contributed by atoms with van der Waals surface area (Å²) in [6.45, 7) is 12.8. The average Bonchev–Trinajstić information content (AvgIpc) is 1.31. The number of fused-ring (bicyclic) bond motifs is 4. The number of methoxy groups -OCH3 is 2. The topological polar surface area (TPSA) is 298 Å². The Labute approximate surface area is 649 Å². The van der Waals surface area contributed by atoms with E-state index in [0.717, 1.165) is 38.5 Å². The Morgan fingerprint density at radius 3 is 1.87 bits per heavy atom. The first-order chi connectivity index (χ1) is 51.8. The first-order valence-electron chi connectivity index (χ1n) is 40.5. The van der Waals surface area contributed by atoms with Gasteiger partial charge in [0.25, 0.3) is 0 Å². The molecule has 4 aliphatic heterocycles. The summed E-state index contributed by atoms with van der Waals surface area (Å²) in [5.41, 5.74) is -2.18. The van der Waals surface area contributed by atoms with E-state index in [0.29, 0.717) is 31.6 Å². The minimum Gasteiger partial charge on any atom is -0.381 e. The summed E-state index contributed by atoms with van der Waals surface area (Å²) in [5, 5.41) is 8.96. The van der Waals surface area contributed by atoms with Crippen molar-refractivity contribution in [1.29, 1.82) is 0 Å². The number of carbonyl (C=O) groups is 12. The van der Waals surface area contributed by atoms with Crippen LogP contribution in [0, 0.1) is 40.9 Å². The molecule has 110 heavy (non-hydrogen) atoms. The van der Waals surface area contributed by atoms with Crippen LogP contribution >= 0.6 is 0 Å². The Bertz CT molecular complexity index is 3300. The number of nitrogens with zero attached hydrogens (tertiary/aromatic N) is 9. The molecule has 3 saturated heterocycles. The number of amides is 12. The van der Waals surface area contributed by atoms with E-state index in [1.54, 1.807) is 13.0 Å². The summed E-state index contributed by atoms with van der Waals surface area (Å²) >= 11 is 0. The summed E-state index contributed by atoms with van der Waals surface area (Å²) in [6.07, 6.45) is 3.12. The number of hydrogen-bond acceptors (Lipinski definition) is 15. The third kappa shape index (κ3) is 21.1. The molecule has 4 heterocycles. The van der Waals surface area contributed by atoms with Gasteiger partial charge in [-0.3, -0.25) is 57.5 Å². The van der Waals surface area contributed by atoms with Crippen molar-refractivity contribution in [2.75, 3.05) is 96.3 Å². The van der Waals surface area contributed by atoms with Gasteiger partial charge in [-0.25, -0.2) is 0 Å². The van der Waals surface area contributed by atoms with Gasteiger partial charge in [-0.2, -0.15) is 13.2 Å².